The number of aliphatic imine (C=N–C) groups is 1. The van der Waals surface area contributed by atoms with Gasteiger partial charge in [-0.05, 0) is 24.3 Å². The SMILES string of the molecule is Oc1[nH]c2ccccc2c1C1=Nc2ccc(OC(F)(F)F)cc2/C1=N\OCCN1CCNCC1. The van der Waals surface area contributed by atoms with Crippen molar-refractivity contribution in [2.45, 2.75) is 6.36 Å². The summed E-state index contributed by atoms with van der Waals surface area (Å²) >= 11 is 0. The van der Waals surface area contributed by atoms with Crippen LogP contribution in [-0.2, 0) is 4.84 Å². The van der Waals surface area contributed by atoms with Crippen molar-refractivity contribution in [1.82, 2.24) is 15.2 Å². The van der Waals surface area contributed by atoms with Gasteiger partial charge in [-0.1, -0.05) is 23.4 Å². The molecule has 0 atom stereocenters. The fourth-order valence-electron chi connectivity index (χ4n) is 4.15. The largest absolute Gasteiger partial charge is 0.573 e. The van der Waals surface area contributed by atoms with E-state index in [1.54, 1.807) is 6.07 Å². The molecule has 3 heterocycles. The molecular formula is C23H22F3N5O3. The van der Waals surface area contributed by atoms with Gasteiger partial charge in [0.2, 0.25) is 0 Å². The van der Waals surface area contributed by atoms with Crippen LogP contribution in [0.1, 0.15) is 11.1 Å². The van der Waals surface area contributed by atoms with Gasteiger partial charge >= 0.3 is 6.36 Å². The molecule has 0 radical (unpaired) electrons. The third-order valence-electron chi connectivity index (χ3n) is 5.70. The summed E-state index contributed by atoms with van der Waals surface area (Å²) in [5.41, 5.74) is 2.34. The molecule has 0 amide bonds. The normalized spacial score (nSPS) is 17.7. The molecule has 2 aromatic carbocycles. The summed E-state index contributed by atoms with van der Waals surface area (Å²) in [5, 5.41) is 18.9. The molecule has 1 fully saturated rings. The second kappa shape index (κ2) is 8.99. The highest BCUT2D eigenvalue weighted by Gasteiger charge is 2.34. The Bertz CT molecular complexity index is 1260. The van der Waals surface area contributed by atoms with E-state index in [0.717, 1.165) is 26.2 Å². The number of aromatic nitrogens is 1. The Labute approximate surface area is 192 Å². The molecule has 2 aliphatic rings. The lowest BCUT2D eigenvalue weighted by Gasteiger charge is -2.26. The number of halogens is 3. The lowest BCUT2D eigenvalue weighted by molar-refractivity contribution is -0.274. The fraction of sp³-hybridized carbons (Fsp3) is 0.304. The van der Waals surface area contributed by atoms with E-state index in [4.69, 9.17) is 4.84 Å². The number of aromatic amines is 1. The molecule has 0 saturated carbocycles. The Morgan fingerprint density at radius 1 is 1.12 bits per heavy atom. The summed E-state index contributed by atoms with van der Waals surface area (Å²) in [6, 6.07) is 11.1. The zero-order chi connectivity index (χ0) is 23.7. The smallest absolute Gasteiger partial charge is 0.494 e. The van der Waals surface area contributed by atoms with Crippen LogP contribution >= 0.6 is 0 Å². The van der Waals surface area contributed by atoms with Gasteiger partial charge in [-0.15, -0.1) is 13.2 Å². The van der Waals surface area contributed by atoms with E-state index >= 15 is 0 Å². The number of H-pyrrole nitrogens is 1. The molecule has 3 N–H and O–H groups in total. The van der Waals surface area contributed by atoms with Gasteiger partial charge in [-0.25, -0.2) is 4.99 Å². The maximum Gasteiger partial charge on any atom is 0.573 e. The zero-order valence-corrected chi connectivity index (χ0v) is 18.0. The monoisotopic (exact) mass is 473 g/mol. The number of benzene rings is 2. The van der Waals surface area contributed by atoms with E-state index in [9.17, 15) is 18.3 Å². The van der Waals surface area contributed by atoms with Crippen molar-refractivity contribution in [3.05, 3.63) is 53.6 Å². The Balaban J connectivity index is 1.48. The molecule has 0 aliphatic carbocycles. The number of nitrogens with zero attached hydrogens (tertiary/aromatic N) is 3. The first-order valence-corrected chi connectivity index (χ1v) is 10.8. The molecule has 34 heavy (non-hydrogen) atoms. The van der Waals surface area contributed by atoms with Gasteiger partial charge in [-0.2, -0.15) is 0 Å². The molecule has 0 spiro atoms. The first kappa shape index (κ1) is 22.2. The molecule has 0 bridgehead atoms. The van der Waals surface area contributed by atoms with Crippen LogP contribution in [0.15, 0.2) is 52.6 Å². The molecule has 0 unspecified atom stereocenters. The quantitative estimate of drug-likeness (QED) is 0.376. The fourth-order valence-corrected chi connectivity index (χ4v) is 4.15. The van der Waals surface area contributed by atoms with Crippen molar-refractivity contribution in [1.29, 1.82) is 0 Å². The van der Waals surface area contributed by atoms with Crippen molar-refractivity contribution in [2.24, 2.45) is 10.1 Å². The summed E-state index contributed by atoms with van der Waals surface area (Å²) in [6.07, 6.45) is -4.83. The summed E-state index contributed by atoms with van der Waals surface area (Å²) < 4.78 is 42.5. The third kappa shape index (κ3) is 4.57. The number of aromatic hydroxyl groups is 1. The number of ether oxygens (including phenoxy) is 1. The lowest BCUT2D eigenvalue weighted by Crippen LogP contribution is -2.44. The predicted molar refractivity (Wildman–Crippen MR) is 121 cm³/mol. The van der Waals surface area contributed by atoms with Crippen LogP contribution in [-0.4, -0.2) is 72.1 Å². The lowest BCUT2D eigenvalue weighted by atomic mass is 10.0. The maximum atomic E-state index is 12.8. The third-order valence-corrected chi connectivity index (χ3v) is 5.70. The number of hydrogen-bond donors (Lipinski definition) is 3. The number of hydrogen-bond acceptors (Lipinski definition) is 7. The van der Waals surface area contributed by atoms with E-state index < -0.39 is 6.36 Å². The van der Waals surface area contributed by atoms with Gasteiger partial charge in [0.25, 0.3) is 0 Å². The summed E-state index contributed by atoms with van der Waals surface area (Å²) in [6.45, 7) is 4.56. The van der Waals surface area contributed by atoms with Gasteiger partial charge in [0.05, 0.1) is 11.3 Å². The van der Waals surface area contributed by atoms with Crippen molar-refractivity contribution in [3.63, 3.8) is 0 Å². The highest BCUT2D eigenvalue weighted by atomic mass is 19.4. The zero-order valence-electron chi connectivity index (χ0n) is 18.0. The average Bonchev–Trinajstić information content (AvgIpc) is 3.32. The van der Waals surface area contributed by atoms with Crippen molar-refractivity contribution in [2.75, 3.05) is 39.3 Å². The number of fused-ring (bicyclic) bond motifs is 2. The molecule has 2 aliphatic heterocycles. The number of nitrogens with one attached hydrogen (secondary N) is 2. The maximum absolute atomic E-state index is 12.8. The first-order chi connectivity index (χ1) is 16.4. The topological polar surface area (TPSA) is 94.5 Å². The molecule has 1 saturated heterocycles. The summed E-state index contributed by atoms with van der Waals surface area (Å²) in [4.78, 5) is 15.3. The summed E-state index contributed by atoms with van der Waals surface area (Å²) in [7, 11) is 0. The number of rotatable bonds is 6. The van der Waals surface area contributed by atoms with Crippen LogP contribution in [0.4, 0.5) is 18.9 Å². The molecule has 1 aromatic heterocycles. The second-order valence-electron chi connectivity index (χ2n) is 7.95. The predicted octanol–water partition coefficient (Wildman–Crippen LogP) is 3.53. The number of oxime groups is 1. The highest BCUT2D eigenvalue weighted by Crippen LogP contribution is 2.38. The Kier molecular flexibility index (Phi) is 5.88. The Morgan fingerprint density at radius 2 is 1.91 bits per heavy atom. The van der Waals surface area contributed by atoms with Crippen LogP contribution in [0, 0.1) is 0 Å². The van der Waals surface area contributed by atoms with Gasteiger partial charge in [0.1, 0.15) is 23.8 Å². The molecular weight excluding hydrogens is 451 g/mol. The van der Waals surface area contributed by atoms with Crippen molar-refractivity contribution < 1.29 is 27.9 Å². The summed E-state index contributed by atoms with van der Waals surface area (Å²) in [5.74, 6) is -0.507. The molecule has 178 valence electrons. The van der Waals surface area contributed by atoms with Crippen LogP contribution in [0.5, 0.6) is 11.6 Å². The minimum Gasteiger partial charge on any atom is -0.494 e. The van der Waals surface area contributed by atoms with Crippen LogP contribution in [0.3, 0.4) is 0 Å². The van der Waals surface area contributed by atoms with Gasteiger partial charge in [0.15, 0.2) is 5.88 Å². The first-order valence-electron chi connectivity index (χ1n) is 10.8. The van der Waals surface area contributed by atoms with E-state index in [1.165, 1.54) is 18.2 Å². The Morgan fingerprint density at radius 3 is 2.71 bits per heavy atom. The second-order valence-corrected chi connectivity index (χ2v) is 7.95. The van der Waals surface area contributed by atoms with E-state index in [1.807, 2.05) is 18.2 Å². The van der Waals surface area contributed by atoms with Gasteiger partial charge in [0, 0.05) is 49.2 Å². The molecule has 3 aromatic rings. The van der Waals surface area contributed by atoms with Gasteiger partial charge < -0.3 is 25.0 Å². The van der Waals surface area contributed by atoms with E-state index in [0.29, 0.717) is 46.6 Å². The number of piperazine rings is 1. The van der Waals surface area contributed by atoms with Crippen molar-refractivity contribution in [3.8, 4) is 11.6 Å². The average molecular weight is 473 g/mol. The van der Waals surface area contributed by atoms with Crippen LogP contribution in [0.25, 0.3) is 10.9 Å². The standard InChI is InChI=1S/C23H22F3N5O3/c24-23(25,26)34-14-5-6-18-16(13-14)20(30-33-12-11-31-9-7-27-8-10-31)21(28-18)19-15-3-1-2-4-17(15)29-22(19)32/h1-6,13,27,29,32H,7-12H2/b30-20+. The number of para-hydroxylation sites is 1. The van der Waals surface area contributed by atoms with E-state index in [-0.39, 0.29) is 17.3 Å². The molecule has 11 heteroatoms. The van der Waals surface area contributed by atoms with Gasteiger partial charge in [-0.3, -0.25) is 4.90 Å². The molecule has 5 rings (SSSR count). The highest BCUT2D eigenvalue weighted by molar-refractivity contribution is 6.58. The molecule has 8 nitrogen and oxygen atoms in total. The minimum atomic E-state index is -4.83. The number of alkyl halides is 3. The minimum absolute atomic E-state index is 0.118. The Hall–Kier alpha value is -3.57. The van der Waals surface area contributed by atoms with E-state index in [2.05, 4.69) is 30.1 Å². The van der Waals surface area contributed by atoms with Crippen molar-refractivity contribution >= 4 is 28.0 Å². The van der Waals surface area contributed by atoms with Crippen LogP contribution in [0.2, 0.25) is 0 Å². The van der Waals surface area contributed by atoms with Crippen LogP contribution < -0.4 is 10.1 Å².